The number of piperazine rings is 1. The number of sulfonamides is 1. The number of carbonyl (C=O) groups excluding carboxylic acids is 2. The van der Waals surface area contributed by atoms with E-state index in [9.17, 15) is 18.0 Å². The van der Waals surface area contributed by atoms with Gasteiger partial charge < -0.3 is 15.5 Å². The molecule has 146 valence electrons. The summed E-state index contributed by atoms with van der Waals surface area (Å²) in [6.07, 6.45) is 0. The van der Waals surface area contributed by atoms with Crippen molar-refractivity contribution in [3.8, 4) is 0 Å². The molecular weight excluding hydrogens is 380 g/mol. The lowest BCUT2D eigenvalue weighted by Crippen LogP contribution is -2.53. The van der Waals surface area contributed by atoms with Crippen molar-refractivity contribution in [1.82, 2.24) is 14.5 Å². The summed E-state index contributed by atoms with van der Waals surface area (Å²) in [6.45, 7) is 4.99. The van der Waals surface area contributed by atoms with Gasteiger partial charge in [0.15, 0.2) is 0 Å². The summed E-state index contributed by atoms with van der Waals surface area (Å²) in [7, 11) is -2.38. The smallest absolute Gasteiger partial charge is 0.243 e. The minimum Gasteiger partial charge on any atom is -0.339 e. The minimum atomic E-state index is -3.77. The van der Waals surface area contributed by atoms with Crippen LogP contribution in [0.1, 0.15) is 13.8 Å². The fraction of sp³-hybridized carbons (Fsp3) is 0.500. The lowest BCUT2D eigenvalue weighted by Gasteiger charge is -2.32. The predicted molar refractivity (Wildman–Crippen MR) is 102 cm³/mol. The van der Waals surface area contributed by atoms with E-state index in [-0.39, 0.29) is 41.7 Å². The molecule has 1 atom stereocenters. The zero-order valence-corrected chi connectivity index (χ0v) is 16.7. The van der Waals surface area contributed by atoms with Crippen molar-refractivity contribution >= 4 is 39.9 Å². The molecule has 26 heavy (non-hydrogen) atoms. The molecule has 2 N–H and O–H groups in total. The Morgan fingerprint density at radius 1 is 1.31 bits per heavy atom. The molecule has 0 radical (unpaired) electrons. The van der Waals surface area contributed by atoms with Crippen molar-refractivity contribution < 1.29 is 18.0 Å². The highest BCUT2D eigenvalue weighted by Gasteiger charge is 2.27. The fourth-order valence-corrected chi connectivity index (χ4v) is 3.75. The number of likely N-dealkylation sites (N-methyl/N-ethyl adjacent to an activating group) is 1. The SMILES string of the molecule is CC(=O)Nc1ccc(S(=O)(=O)N(C)CC(=O)N2CCNC(C)C2)cc1.Cl. The number of amides is 2. The molecule has 1 saturated heterocycles. The first-order valence-corrected chi connectivity index (χ1v) is 9.49. The fourth-order valence-electron chi connectivity index (χ4n) is 2.63. The van der Waals surface area contributed by atoms with Gasteiger partial charge in [0.05, 0.1) is 11.4 Å². The Morgan fingerprint density at radius 2 is 1.92 bits per heavy atom. The topological polar surface area (TPSA) is 98.8 Å². The molecule has 0 aromatic heterocycles. The zero-order valence-electron chi connectivity index (χ0n) is 15.1. The first kappa shape index (κ1) is 22.4. The van der Waals surface area contributed by atoms with Crippen LogP contribution in [0.2, 0.25) is 0 Å². The number of anilines is 1. The van der Waals surface area contributed by atoms with E-state index in [0.717, 1.165) is 4.31 Å². The van der Waals surface area contributed by atoms with Gasteiger partial charge in [-0.25, -0.2) is 8.42 Å². The van der Waals surface area contributed by atoms with Crippen LogP contribution in [0.25, 0.3) is 0 Å². The normalized spacial score (nSPS) is 17.5. The molecule has 1 aliphatic rings. The number of nitrogens with one attached hydrogen (secondary N) is 2. The van der Waals surface area contributed by atoms with E-state index in [1.54, 1.807) is 4.90 Å². The van der Waals surface area contributed by atoms with Crippen LogP contribution in [0.3, 0.4) is 0 Å². The van der Waals surface area contributed by atoms with Gasteiger partial charge in [-0.15, -0.1) is 12.4 Å². The molecule has 1 aromatic carbocycles. The van der Waals surface area contributed by atoms with Crippen LogP contribution in [0.5, 0.6) is 0 Å². The molecule has 8 nitrogen and oxygen atoms in total. The molecule has 1 aliphatic heterocycles. The summed E-state index contributed by atoms with van der Waals surface area (Å²) in [6, 6.07) is 6.05. The summed E-state index contributed by atoms with van der Waals surface area (Å²) < 4.78 is 26.3. The lowest BCUT2D eigenvalue weighted by atomic mass is 10.2. The minimum absolute atomic E-state index is 0. The number of rotatable bonds is 5. The van der Waals surface area contributed by atoms with Gasteiger partial charge in [0.2, 0.25) is 21.8 Å². The van der Waals surface area contributed by atoms with Crippen molar-refractivity contribution in [3.05, 3.63) is 24.3 Å². The summed E-state index contributed by atoms with van der Waals surface area (Å²) in [4.78, 5) is 25.1. The number of benzene rings is 1. The second-order valence-electron chi connectivity index (χ2n) is 6.16. The maximum absolute atomic E-state index is 12.6. The van der Waals surface area contributed by atoms with Crippen molar-refractivity contribution in [2.24, 2.45) is 0 Å². The van der Waals surface area contributed by atoms with Gasteiger partial charge in [-0.3, -0.25) is 9.59 Å². The average Bonchev–Trinajstić information content (AvgIpc) is 2.54. The predicted octanol–water partition coefficient (Wildman–Crippen LogP) is 0.508. The molecular formula is C16H25ClN4O4S. The maximum Gasteiger partial charge on any atom is 0.243 e. The Labute approximate surface area is 160 Å². The van der Waals surface area contributed by atoms with Gasteiger partial charge in [-0.1, -0.05) is 0 Å². The third-order valence-electron chi connectivity index (χ3n) is 3.96. The van der Waals surface area contributed by atoms with E-state index in [1.165, 1.54) is 38.2 Å². The molecule has 1 heterocycles. The van der Waals surface area contributed by atoms with Crippen LogP contribution in [0.4, 0.5) is 5.69 Å². The highest BCUT2D eigenvalue weighted by atomic mass is 35.5. The molecule has 1 fully saturated rings. The highest BCUT2D eigenvalue weighted by Crippen LogP contribution is 2.17. The standard InChI is InChI=1S/C16H24N4O4S.ClH/c1-12-10-20(9-8-17-12)16(22)11-19(3)25(23,24)15-6-4-14(5-7-15)18-13(2)21;/h4-7,12,17H,8-11H2,1-3H3,(H,18,21);1H. The quantitative estimate of drug-likeness (QED) is 0.744. The maximum atomic E-state index is 12.6. The number of carbonyl (C=O) groups is 2. The molecule has 1 aromatic rings. The van der Waals surface area contributed by atoms with Crippen molar-refractivity contribution in [3.63, 3.8) is 0 Å². The Kier molecular flexibility index (Phi) is 8.01. The van der Waals surface area contributed by atoms with Crippen molar-refractivity contribution in [2.45, 2.75) is 24.8 Å². The highest BCUT2D eigenvalue weighted by molar-refractivity contribution is 7.89. The zero-order chi connectivity index (χ0) is 18.6. The Bertz CT molecular complexity index is 739. The largest absolute Gasteiger partial charge is 0.339 e. The van der Waals surface area contributed by atoms with Gasteiger partial charge >= 0.3 is 0 Å². The molecule has 2 rings (SSSR count). The molecule has 0 spiro atoms. The van der Waals surface area contributed by atoms with Gasteiger partial charge in [0.1, 0.15) is 0 Å². The van der Waals surface area contributed by atoms with Crippen LogP contribution in [-0.4, -0.2) is 68.7 Å². The molecule has 1 unspecified atom stereocenters. The Balaban J connectivity index is 0.00000338. The number of hydrogen-bond donors (Lipinski definition) is 2. The van der Waals surface area contributed by atoms with E-state index >= 15 is 0 Å². The van der Waals surface area contributed by atoms with Crippen LogP contribution < -0.4 is 10.6 Å². The van der Waals surface area contributed by atoms with Crippen LogP contribution in [0, 0.1) is 0 Å². The van der Waals surface area contributed by atoms with Gasteiger partial charge in [-0.05, 0) is 31.2 Å². The molecule has 0 aliphatic carbocycles. The average molecular weight is 405 g/mol. The lowest BCUT2D eigenvalue weighted by molar-refractivity contribution is -0.132. The monoisotopic (exact) mass is 404 g/mol. The molecule has 0 bridgehead atoms. The van der Waals surface area contributed by atoms with E-state index < -0.39 is 10.0 Å². The molecule has 2 amide bonds. The second-order valence-corrected chi connectivity index (χ2v) is 8.21. The van der Waals surface area contributed by atoms with E-state index in [4.69, 9.17) is 0 Å². The number of hydrogen-bond acceptors (Lipinski definition) is 5. The first-order chi connectivity index (χ1) is 11.7. The van der Waals surface area contributed by atoms with Crippen LogP contribution in [-0.2, 0) is 19.6 Å². The van der Waals surface area contributed by atoms with Crippen molar-refractivity contribution in [2.75, 3.05) is 38.5 Å². The first-order valence-electron chi connectivity index (χ1n) is 8.05. The number of nitrogens with zero attached hydrogens (tertiary/aromatic N) is 2. The third-order valence-corrected chi connectivity index (χ3v) is 5.78. The summed E-state index contributed by atoms with van der Waals surface area (Å²) in [5.74, 6) is -0.446. The van der Waals surface area contributed by atoms with Gasteiger partial charge in [0, 0.05) is 45.3 Å². The summed E-state index contributed by atoms with van der Waals surface area (Å²) in [5, 5.41) is 5.82. The van der Waals surface area contributed by atoms with Gasteiger partial charge in [0.25, 0.3) is 0 Å². The molecule has 10 heteroatoms. The van der Waals surface area contributed by atoms with E-state index in [1.807, 2.05) is 6.92 Å². The summed E-state index contributed by atoms with van der Waals surface area (Å²) in [5.41, 5.74) is 0.514. The van der Waals surface area contributed by atoms with E-state index in [0.29, 0.717) is 25.3 Å². The third kappa shape index (κ3) is 5.66. The second kappa shape index (κ2) is 9.31. The van der Waals surface area contributed by atoms with Crippen LogP contribution >= 0.6 is 12.4 Å². The van der Waals surface area contributed by atoms with E-state index in [2.05, 4.69) is 10.6 Å². The molecule has 0 saturated carbocycles. The Hall–Kier alpha value is -1.68. The van der Waals surface area contributed by atoms with Crippen molar-refractivity contribution in [1.29, 1.82) is 0 Å². The van der Waals surface area contributed by atoms with Gasteiger partial charge in [-0.2, -0.15) is 4.31 Å². The Morgan fingerprint density at radius 3 is 2.46 bits per heavy atom. The summed E-state index contributed by atoms with van der Waals surface area (Å²) >= 11 is 0. The number of halogens is 1. The van der Waals surface area contributed by atoms with Crippen LogP contribution in [0.15, 0.2) is 29.2 Å².